The van der Waals surface area contributed by atoms with Crippen molar-refractivity contribution in [3.8, 4) is 11.3 Å². The molecule has 1 amide bonds. The first-order chi connectivity index (χ1) is 16.9. The molecule has 4 aromatic rings. The minimum atomic E-state index is -2.94. The Hall–Kier alpha value is -3.65. The lowest BCUT2D eigenvalue weighted by molar-refractivity contribution is -0.0437. The molecule has 1 fully saturated rings. The van der Waals surface area contributed by atoms with E-state index in [4.69, 9.17) is 0 Å². The SMILES string of the molecule is Cc1cc(-c2n[nH]c3ccc(C(=O)N[C@@H]4CCCN(CC(F)(F)c5ccccc5)C4)cc23)ccn1. The summed E-state index contributed by atoms with van der Waals surface area (Å²) in [6.45, 7) is 2.54. The minimum Gasteiger partial charge on any atom is -0.348 e. The second-order valence-electron chi connectivity index (χ2n) is 9.14. The van der Waals surface area contributed by atoms with Crippen molar-refractivity contribution >= 4 is 16.8 Å². The van der Waals surface area contributed by atoms with Crippen LogP contribution in [-0.2, 0) is 5.92 Å². The van der Waals surface area contributed by atoms with Gasteiger partial charge < -0.3 is 5.32 Å². The van der Waals surface area contributed by atoms with Gasteiger partial charge in [0.1, 0.15) is 5.69 Å². The molecule has 5 rings (SSSR count). The number of piperidine rings is 1. The molecule has 2 aromatic heterocycles. The first-order valence-electron chi connectivity index (χ1n) is 11.8. The van der Waals surface area contributed by atoms with Gasteiger partial charge in [-0.15, -0.1) is 0 Å². The van der Waals surface area contributed by atoms with E-state index in [0.717, 1.165) is 40.7 Å². The van der Waals surface area contributed by atoms with E-state index in [2.05, 4.69) is 20.5 Å². The highest BCUT2D eigenvalue weighted by molar-refractivity contribution is 6.01. The number of aromatic amines is 1. The second kappa shape index (κ2) is 9.54. The number of hydrogen-bond donors (Lipinski definition) is 2. The van der Waals surface area contributed by atoms with Crippen LogP contribution in [0.15, 0.2) is 66.9 Å². The smallest absolute Gasteiger partial charge is 0.285 e. The van der Waals surface area contributed by atoms with Crippen molar-refractivity contribution in [2.24, 2.45) is 0 Å². The molecular weight excluding hydrogens is 448 g/mol. The predicted molar refractivity (Wildman–Crippen MR) is 131 cm³/mol. The number of nitrogens with zero attached hydrogens (tertiary/aromatic N) is 3. The van der Waals surface area contributed by atoms with Crippen LogP contribution >= 0.6 is 0 Å². The molecular formula is C27H27F2N5O. The minimum absolute atomic E-state index is 0.0137. The number of halogens is 2. The van der Waals surface area contributed by atoms with Gasteiger partial charge in [-0.2, -0.15) is 13.9 Å². The highest BCUT2D eigenvalue weighted by atomic mass is 19.3. The highest BCUT2D eigenvalue weighted by Gasteiger charge is 2.35. The first kappa shape index (κ1) is 23.1. The number of alkyl halides is 2. The Morgan fingerprint density at radius 3 is 2.80 bits per heavy atom. The number of amides is 1. The Balaban J connectivity index is 1.28. The van der Waals surface area contributed by atoms with E-state index >= 15 is 0 Å². The number of aryl methyl sites for hydroxylation is 1. The molecule has 0 radical (unpaired) electrons. The van der Waals surface area contributed by atoms with Gasteiger partial charge in [0, 0.05) is 46.6 Å². The van der Waals surface area contributed by atoms with E-state index in [1.165, 1.54) is 12.1 Å². The van der Waals surface area contributed by atoms with Gasteiger partial charge in [-0.1, -0.05) is 30.3 Å². The number of hydrogen-bond acceptors (Lipinski definition) is 4. The summed E-state index contributed by atoms with van der Waals surface area (Å²) in [4.78, 5) is 19.0. The van der Waals surface area contributed by atoms with Gasteiger partial charge in [-0.05, 0) is 56.6 Å². The van der Waals surface area contributed by atoms with Crippen LogP contribution in [-0.4, -0.2) is 51.7 Å². The third-order valence-corrected chi connectivity index (χ3v) is 6.45. The summed E-state index contributed by atoms with van der Waals surface area (Å²) in [7, 11) is 0. The van der Waals surface area contributed by atoms with E-state index in [1.54, 1.807) is 35.4 Å². The van der Waals surface area contributed by atoms with Gasteiger partial charge in [-0.3, -0.25) is 19.8 Å². The van der Waals surface area contributed by atoms with Crippen LogP contribution in [0.5, 0.6) is 0 Å². The number of pyridine rings is 1. The van der Waals surface area contributed by atoms with Gasteiger partial charge in [0.05, 0.1) is 12.1 Å². The van der Waals surface area contributed by atoms with Crippen LogP contribution in [0.2, 0.25) is 0 Å². The lowest BCUT2D eigenvalue weighted by Gasteiger charge is -2.35. The number of aromatic nitrogens is 3. The molecule has 2 N–H and O–H groups in total. The van der Waals surface area contributed by atoms with Crippen LogP contribution < -0.4 is 5.32 Å². The maximum absolute atomic E-state index is 14.8. The van der Waals surface area contributed by atoms with Gasteiger partial charge in [0.2, 0.25) is 0 Å². The number of H-pyrrole nitrogens is 1. The van der Waals surface area contributed by atoms with Crippen molar-refractivity contribution in [2.75, 3.05) is 19.6 Å². The highest BCUT2D eigenvalue weighted by Crippen LogP contribution is 2.30. The quantitative estimate of drug-likeness (QED) is 0.415. The summed E-state index contributed by atoms with van der Waals surface area (Å²) < 4.78 is 29.5. The molecule has 180 valence electrons. The van der Waals surface area contributed by atoms with Gasteiger partial charge in [0.25, 0.3) is 11.8 Å². The summed E-state index contributed by atoms with van der Waals surface area (Å²) in [5, 5.41) is 11.3. The largest absolute Gasteiger partial charge is 0.348 e. The summed E-state index contributed by atoms with van der Waals surface area (Å²) in [5.41, 5.74) is 3.92. The number of carbonyl (C=O) groups excluding carboxylic acids is 1. The molecule has 35 heavy (non-hydrogen) atoms. The third-order valence-electron chi connectivity index (χ3n) is 6.45. The van der Waals surface area contributed by atoms with Crippen molar-refractivity contribution < 1.29 is 13.6 Å². The van der Waals surface area contributed by atoms with E-state index in [0.29, 0.717) is 18.7 Å². The Labute approximate surface area is 202 Å². The number of fused-ring (bicyclic) bond motifs is 1. The Kier molecular flexibility index (Phi) is 6.30. The summed E-state index contributed by atoms with van der Waals surface area (Å²) in [6.07, 6.45) is 3.24. The predicted octanol–water partition coefficient (Wildman–Crippen LogP) is 4.92. The molecule has 6 nitrogen and oxygen atoms in total. The fraction of sp³-hybridized carbons (Fsp3) is 0.296. The maximum atomic E-state index is 14.8. The number of benzene rings is 2. The zero-order valence-corrected chi connectivity index (χ0v) is 19.5. The molecule has 1 aliphatic heterocycles. The Bertz CT molecular complexity index is 1340. The molecule has 1 saturated heterocycles. The molecule has 3 heterocycles. The Morgan fingerprint density at radius 2 is 2.00 bits per heavy atom. The second-order valence-corrected chi connectivity index (χ2v) is 9.14. The molecule has 0 saturated carbocycles. The van der Waals surface area contributed by atoms with Crippen molar-refractivity contribution in [1.29, 1.82) is 0 Å². The molecule has 0 unspecified atom stereocenters. The zero-order valence-electron chi connectivity index (χ0n) is 19.5. The van der Waals surface area contributed by atoms with E-state index in [9.17, 15) is 13.6 Å². The lowest BCUT2D eigenvalue weighted by Crippen LogP contribution is -2.50. The monoisotopic (exact) mass is 475 g/mol. The van der Waals surface area contributed by atoms with Gasteiger partial charge in [0.15, 0.2) is 0 Å². The summed E-state index contributed by atoms with van der Waals surface area (Å²) in [6, 6.07) is 16.9. The molecule has 0 spiro atoms. The molecule has 1 aliphatic rings. The van der Waals surface area contributed by atoms with E-state index < -0.39 is 5.92 Å². The van der Waals surface area contributed by atoms with Crippen molar-refractivity contribution in [2.45, 2.75) is 31.7 Å². The fourth-order valence-electron chi connectivity index (χ4n) is 4.71. The average molecular weight is 476 g/mol. The van der Waals surface area contributed by atoms with Crippen molar-refractivity contribution in [3.05, 3.63) is 83.7 Å². The van der Waals surface area contributed by atoms with Gasteiger partial charge >= 0.3 is 0 Å². The molecule has 0 bridgehead atoms. The average Bonchev–Trinajstić information content (AvgIpc) is 3.28. The molecule has 0 aliphatic carbocycles. The number of carbonyl (C=O) groups is 1. The van der Waals surface area contributed by atoms with Crippen molar-refractivity contribution in [1.82, 2.24) is 25.4 Å². The van der Waals surface area contributed by atoms with Crippen LogP contribution in [0.1, 0.15) is 34.5 Å². The summed E-state index contributed by atoms with van der Waals surface area (Å²) >= 11 is 0. The van der Waals surface area contributed by atoms with Gasteiger partial charge in [-0.25, -0.2) is 0 Å². The molecule has 1 atom stereocenters. The van der Waals surface area contributed by atoms with Crippen LogP contribution in [0, 0.1) is 6.92 Å². The normalized spacial score (nSPS) is 16.9. The van der Waals surface area contributed by atoms with E-state index in [1.807, 2.05) is 31.2 Å². The lowest BCUT2D eigenvalue weighted by atomic mass is 10.0. The number of rotatable bonds is 6. The van der Waals surface area contributed by atoms with E-state index in [-0.39, 0.29) is 24.1 Å². The number of nitrogens with one attached hydrogen (secondary N) is 2. The standard InChI is InChI=1S/C27H27F2N5O/c1-18-14-19(11-12-30-18)25-23-15-20(9-10-24(23)32-33-25)26(35)31-22-8-5-13-34(16-22)17-27(28,29)21-6-3-2-4-7-21/h2-4,6-7,9-12,14-15,22H,5,8,13,16-17H2,1H3,(H,31,35)(H,32,33)/t22-/m1/s1. The Morgan fingerprint density at radius 1 is 1.17 bits per heavy atom. The first-order valence-corrected chi connectivity index (χ1v) is 11.8. The molecule has 2 aromatic carbocycles. The third kappa shape index (κ3) is 5.07. The van der Waals surface area contributed by atoms with Crippen LogP contribution in [0.25, 0.3) is 22.2 Å². The molecule has 8 heteroatoms. The maximum Gasteiger partial charge on any atom is 0.285 e. The van der Waals surface area contributed by atoms with Crippen LogP contribution in [0.4, 0.5) is 8.78 Å². The van der Waals surface area contributed by atoms with Crippen LogP contribution in [0.3, 0.4) is 0 Å². The topological polar surface area (TPSA) is 73.9 Å². The number of likely N-dealkylation sites (tertiary alicyclic amines) is 1. The fourth-order valence-corrected chi connectivity index (χ4v) is 4.71. The zero-order chi connectivity index (χ0) is 24.4. The van der Waals surface area contributed by atoms with Crippen molar-refractivity contribution in [3.63, 3.8) is 0 Å². The summed E-state index contributed by atoms with van der Waals surface area (Å²) in [5.74, 6) is -3.16.